The van der Waals surface area contributed by atoms with Crippen molar-refractivity contribution in [1.82, 2.24) is 0 Å². The first kappa shape index (κ1) is 17.1. The molecule has 0 atom stereocenters. The summed E-state index contributed by atoms with van der Waals surface area (Å²) in [6.07, 6.45) is 0. The van der Waals surface area contributed by atoms with E-state index in [-0.39, 0.29) is 10.8 Å². The van der Waals surface area contributed by atoms with Crippen molar-refractivity contribution in [1.29, 1.82) is 0 Å². The molecular formula is C26H28. The van der Waals surface area contributed by atoms with E-state index in [1.807, 2.05) is 0 Å². The monoisotopic (exact) mass is 340 g/mol. The molecule has 0 N–H and O–H groups in total. The predicted molar refractivity (Wildman–Crippen MR) is 113 cm³/mol. The molecule has 0 saturated carbocycles. The van der Waals surface area contributed by atoms with Crippen LogP contribution >= 0.6 is 0 Å². The van der Waals surface area contributed by atoms with Gasteiger partial charge in [0.15, 0.2) is 0 Å². The van der Waals surface area contributed by atoms with E-state index in [0.717, 1.165) is 0 Å². The van der Waals surface area contributed by atoms with E-state index in [1.54, 1.807) is 0 Å². The molecule has 3 aromatic rings. The quantitative estimate of drug-likeness (QED) is 0.437. The van der Waals surface area contributed by atoms with Gasteiger partial charge in [0.2, 0.25) is 0 Å². The molecule has 0 fully saturated rings. The van der Waals surface area contributed by atoms with Crippen molar-refractivity contribution < 1.29 is 0 Å². The van der Waals surface area contributed by atoms with Gasteiger partial charge in [0.25, 0.3) is 0 Å². The maximum absolute atomic E-state index is 2.46. The lowest BCUT2D eigenvalue weighted by molar-refractivity contribution is 0.591. The standard InChI is InChI=1S/C26H28/c1-17-11-13-18(14-12-17)20-15-24-21(16-23(20)25(2,3)4)19-9-7-8-10-22(19)26(24,5)6/h7-16H,1-6H3. The maximum Gasteiger partial charge on any atom is 0.0159 e. The zero-order chi connectivity index (χ0) is 18.7. The van der Waals surface area contributed by atoms with Crippen molar-refractivity contribution in [2.45, 2.75) is 52.4 Å². The van der Waals surface area contributed by atoms with Crippen molar-refractivity contribution in [2.75, 3.05) is 0 Å². The fraction of sp³-hybridized carbons (Fsp3) is 0.308. The number of hydrogen-bond donors (Lipinski definition) is 0. The van der Waals surface area contributed by atoms with Gasteiger partial charge < -0.3 is 0 Å². The highest BCUT2D eigenvalue weighted by atomic mass is 14.4. The average Bonchev–Trinajstić information content (AvgIpc) is 2.82. The third-order valence-electron chi connectivity index (χ3n) is 5.89. The van der Waals surface area contributed by atoms with E-state index in [2.05, 4.69) is 102 Å². The third kappa shape index (κ3) is 2.51. The molecule has 0 aromatic heterocycles. The maximum atomic E-state index is 2.46. The molecule has 0 heteroatoms. The Kier molecular flexibility index (Phi) is 3.67. The smallest absolute Gasteiger partial charge is 0.0159 e. The lowest BCUT2D eigenvalue weighted by Gasteiger charge is -2.27. The van der Waals surface area contributed by atoms with Crippen LogP contribution in [0.2, 0.25) is 0 Å². The van der Waals surface area contributed by atoms with Crippen LogP contribution in [0.3, 0.4) is 0 Å². The van der Waals surface area contributed by atoms with Crippen LogP contribution in [-0.4, -0.2) is 0 Å². The fourth-order valence-electron chi connectivity index (χ4n) is 4.34. The van der Waals surface area contributed by atoms with Crippen LogP contribution in [0.25, 0.3) is 22.3 Å². The minimum Gasteiger partial charge on any atom is -0.0619 e. The van der Waals surface area contributed by atoms with Crippen molar-refractivity contribution in [2.24, 2.45) is 0 Å². The van der Waals surface area contributed by atoms with E-state index < -0.39 is 0 Å². The predicted octanol–water partition coefficient (Wildman–Crippen LogP) is 7.27. The van der Waals surface area contributed by atoms with Gasteiger partial charge in [-0.05, 0) is 63.4 Å². The first-order valence-corrected chi connectivity index (χ1v) is 9.55. The lowest BCUT2D eigenvalue weighted by atomic mass is 9.76. The molecule has 0 aliphatic heterocycles. The number of hydrogen-bond acceptors (Lipinski definition) is 0. The highest BCUT2D eigenvalue weighted by Crippen LogP contribution is 2.51. The first-order valence-electron chi connectivity index (χ1n) is 9.55. The zero-order valence-corrected chi connectivity index (χ0v) is 16.8. The summed E-state index contributed by atoms with van der Waals surface area (Å²) >= 11 is 0. The van der Waals surface area contributed by atoms with E-state index in [9.17, 15) is 0 Å². The Bertz CT molecular complexity index is 980. The number of aryl methyl sites for hydroxylation is 1. The molecule has 26 heavy (non-hydrogen) atoms. The van der Waals surface area contributed by atoms with Crippen LogP contribution in [0.5, 0.6) is 0 Å². The highest BCUT2D eigenvalue weighted by Gasteiger charge is 2.36. The lowest BCUT2D eigenvalue weighted by Crippen LogP contribution is -2.17. The Morgan fingerprint density at radius 2 is 1.35 bits per heavy atom. The molecule has 3 aromatic carbocycles. The SMILES string of the molecule is Cc1ccc(-c2cc3c(cc2C(C)(C)C)-c2ccccc2C3(C)C)cc1. The van der Waals surface area contributed by atoms with Gasteiger partial charge in [-0.2, -0.15) is 0 Å². The van der Waals surface area contributed by atoms with Crippen molar-refractivity contribution in [3.63, 3.8) is 0 Å². The van der Waals surface area contributed by atoms with Gasteiger partial charge in [-0.3, -0.25) is 0 Å². The molecule has 0 bridgehead atoms. The van der Waals surface area contributed by atoms with Crippen molar-refractivity contribution in [3.05, 3.63) is 82.9 Å². The largest absolute Gasteiger partial charge is 0.0619 e. The molecule has 0 radical (unpaired) electrons. The van der Waals surface area contributed by atoms with Crippen LogP contribution in [0.1, 0.15) is 56.9 Å². The van der Waals surface area contributed by atoms with Crippen molar-refractivity contribution >= 4 is 0 Å². The Hall–Kier alpha value is -2.34. The second kappa shape index (κ2) is 5.58. The number of benzene rings is 3. The van der Waals surface area contributed by atoms with Crippen LogP contribution in [0.4, 0.5) is 0 Å². The first-order chi connectivity index (χ1) is 12.2. The molecular weight excluding hydrogens is 312 g/mol. The Labute approximate surface area is 157 Å². The summed E-state index contributed by atoms with van der Waals surface area (Å²) < 4.78 is 0. The summed E-state index contributed by atoms with van der Waals surface area (Å²) in [5.41, 5.74) is 11.2. The molecule has 0 amide bonds. The fourth-order valence-corrected chi connectivity index (χ4v) is 4.34. The topological polar surface area (TPSA) is 0 Å². The Morgan fingerprint density at radius 3 is 2.00 bits per heavy atom. The van der Waals surface area contributed by atoms with Gasteiger partial charge in [-0.15, -0.1) is 0 Å². The summed E-state index contributed by atoms with van der Waals surface area (Å²) in [7, 11) is 0. The zero-order valence-electron chi connectivity index (χ0n) is 16.8. The Balaban J connectivity index is 2.04. The van der Waals surface area contributed by atoms with Gasteiger partial charge in [0, 0.05) is 5.41 Å². The van der Waals surface area contributed by atoms with E-state index in [1.165, 1.54) is 44.5 Å². The summed E-state index contributed by atoms with van der Waals surface area (Å²) in [5, 5.41) is 0. The number of fused-ring (bicyclic) bond motifs is 3. The summed E-state index contributed by atoms with van der Waals surface area (Å²) in [6, 6.07) is 22.8. The van der Waals surface area contributed by atoms with Gasteiger partial charge in [-0.25, -0.2) is 0 Å². The van der Waals surface area contributed by atoms with Crippen LogP contribution in [0.15, 0.2) is 60.7 Å². The normalized spacial score (nSPS) is 14.8. The van der Waals surface area contributed by atoms with Crippen molar-refractivity contribution in [3.8, 4) is 22.3 Å². The molecule has 132 valence electrons. The number of rotatable bonds is 1. The summed E-state index contributed by atoms with van der Waals surface area (Å²) in [4.78, 5) is 0. The van der Waals surface area contributed by atoms with Crippen LogP contribution in [0, 0.1) is 6.92 Å². The second-order valence-corrected chi connectivity index (χ2v) is 9.23. The minimum atomic E-state index is 0.0434. The van der Waals surface area contributed by atoms with E-state index in [4.69, 9.17) is 0 Å². The second-order valence-electron chi connectivity index (χ2n) is 9.23. The Morgan fingerprint density at radius 1 is 0.692 bits per heavy atom. The van der Waals surface area contributed by atoms with Crippen LogP contribution < -0.4 is 0 Å². The van der Waals surface area contributed by atoms with E-state index in [0.29, 0.717) is 0 Å². The van der Waals surface area contributed by atoms with Gasteiger partial charge in [0.1, 0.15) is 0 Å². The average molecular weight is 341 g/mol. The summed E-state index contributed by atoms with van der Waals surface area (Å²) in [6.45, 7) is 13.8. The highest BCUT2D eigenvalue weighted by molar-refractivity contribution is 5.85. The van der Waals surface area contributed by atoms with Gasteiger partial charge in [0.05, 0.1) is 0 Å². The van der Waals surface area contributed by atoms with Crippen LogP contribution in [-0.2, 0) is 10.8 Å². The molecule has 0 saturated heterocycles. The molecule has 1 aliphatic carbocycles. The van der Waals surface area contributed by atoms with Gasteiger partial charge >= 0.3 is 0 Å². The molecule has 1 aliphatic rings. The molecule has 0 spiro atoms. The van der Waals surface area contributed by atoms with Gasteiger partial charge in [-0.1, -0.05) is 88.7 Å². The molecule has 4 rings (SSSR count). The molecule has 0 nitrogen and oxygen atoms in total. The minimum absolute atomic E-state index is 0.0434. The summed E-state index contributed by atoms with van der Waals surface area (Å²) in [5.74, 6) is 0. The third-order valence-corrected chi connectivity index (χ3v) is 5.89. The van der Waals surface area contributed by atoms with E-state index >= 15 is 0 Å². The molecule has 0 unspecified atom stereocenters. The molecule has 0 heterocycles.